The predicted molar refractivity (Wildman–Crippen MR) is 69.9 cm³/mol. The molecule has 2 rings (SSSR count). The Balaban J connectivity index is 2.64. The topological polar surface area (TPSA) is 63.0 Å². The van der Waals surface area contributed by atoms with Crippen LogP contribution in [0.2, 0.25) is 0 Å². The molecule has 3 nitrogen and oxygen atoms in total. The first-order chi connectivity index (χ1) is 8.22. The number of nitriles is 1. The van der Waals surface area contributed by atoms with Crippen molar-refractivity contribution >= 4 is 17.0 Å². The van der Waals surface area contributed by atoms with Gasteiger partial charge in [-0.15, -0.1) is 11.3 Å². The quantitative estimate of drug-likeness (QED) is 0.900. The standard InChI is InChI=1S/C13H14N2OS/c1-3-8-12(15)11(7-14)17-13(8)9-5-6-16-10(9)4-2/h5-6H,3-4,15H2,1-2H3. The van der Waals surface area contributed by atoms with E-state index in [0.717, 1.165) is 34.6 Å². The largest absolute Gasteiger partial charge is 0.469 e. The van der Waals surface area contributed by atoms with E-state index in [2.05, 4.69) is 19.9 Å². The third kappa shape index (κ3) is 1.83. The fourth-order valence-electron chi connectivity index (χ4n) is 1.95. The van der Waals surface area contributed by atoms with E-state index in [9.17, 15) is 0 Å². The summed E-state index contributed by atoms with van der Waals surface area (Å²) < 4.78 is 5.43. The van der Waals surface area contributed by atoms with Crippen molar-refractivity contribution in [2.45, 2.75) is 26.7 Å². The minimum Gasteiger partial charge on any atom is -0.469 e. The number of thiophene rings is 1. The molecule has 0 aliphatic heterocycles. The monoisotopic (exact) mass is 246 g/mol. The summed E-state index contributed by atoms with van der Waals surface area (Å²) >= 11 is 1.45. The number of hydrogen-bond acceptors (Lipinski definition) is 4. The minimum atomic E-state index is 0.597. The summed E-state index contributed by atoms with van der Waals surface area (Å²) in [7, 11) is 0. The van der Waals surface area contributed by atoms with Gasteiger partial charge in [0.15, 0.2) is 0 Å². The second-order valence-corrected chi connectivity index (χ2v) is 4.75. The number of furan rings is 1. The van der Waals surface area contributed by atoms with Crippen molar-refractivity contribution in [1.82, 2.24) is 0 Å². The molecule has 0 radical (unpaired) electrons. The molecule has 0 amide bonds. The first kappa shape index (κ1) is 11.7. The van der Waals surface area contributed by atoms with E-state index in [-0.39, 0.29) is 0 Å². The molecule has 2 heterocycles. The molecule has 88 valence electrons. The highest BCUT2D eigenvalue weighted by Gasteiger charge is 2.18. The Hall–Kier alpha value is -1.73. The van der Waals surface area contributed by atoms with Gasteiger partial charge in [-0.05, 0) is 18.1 Å². The van der Waals surface area contributed by atoms with Crippen molar-refractivity contribution in [3.8, 4) is 16.5 Å². The summed E-state index contributed by atoms with van der Waals surface area (Å²) in [5.74, 6) is 0.949. The smallest absolute Gasteiger partial charge is 0.128 e. The van der Waals surface area contributed by atoms with Gasteiger partial charge in [0, 0.05) is 16.9 Å². The van der Waals surface area contributed by atoms with Gasteiger partial charge in [-0.1, -0.05) is 13.8 Å². The molecule has 0 fully saturated rings. The summed E-state index contributed by atoms with van der Waals surface area (Å²) in [4.78, 5) is 1.67. The van der Waals surface area contributed by atoms with E-state index in [1.54, 1.807) is 6.26 Å². The number of nitrogens with zero attached hydrogens (tertiary/aromatic N) is 1. The molecule has 0 spiro atoms. The van der Waals surface area contributed by atoms with Gasteiger partial charge in [-0.25, -0.2) is 0 Å². The number of anilines is 1. The van der Waals surface area contributed by atoms with Gasteiger partial charge in [0.05, 0.1) is 12.0 Å². The van der Waals surface area contributed by atoms with E-state index in [1.165, 1.54) is 11.3 Å². The third-order valence-electron chi connectivity index (χ3n) is 2.81. The van der Waals surface area contributed by atoms with Crippen LogP contribution in [0.1, 0.15) is 30.0 Å². The molecule has 0 aliphatic rings. The molecule has 0 saturated carbocycles. The number of nitrogens with two attached hydrogens (primary N) is 1. The lowest BCUT2D eigenvalue weighted by Gasteiger charge is -2.01. The maximum Gasteiger partial charge on any atom is 0.128 e. The van der Waals surface area contributed by atoms with Gasteiger partial charge in [0.1, 0.15) is 16.7 Å². The summed E-state index contributed by atoms with van der Waals surface area (Å²) in [5.41, 5.74) is 8.73. The van der Waals surface area contributed by atoms with E-state index in [0.29, 0.717) is 10.6 Å². The number of nitrogen functional groups attached to an aromatic ring is 1. The molecule has 4 heteroatoms. The zero-order valence-corrected chi connectivity index (χ0v) is 10.7. The maximum atomic E-state index is 9.03. The van der Waals surface area contributed by atoms with Crippen molar-refractivity contribution in [3.63, 3.8) is 0 Å². The average molecular weight is 246 g/mol. The van der Waals surface area contributed by atoms with Crippen LogP contribution in [0.4, 0.5) is 5.69 Å². The lowest BCUT2D eigenvalue weighted by Crippen LogP contribution is -1.91. The summed E-state index contributed by atoms with van der Waals surface area (Å²) in [6.07, 6.45) is 3.36. The normalized spacial score (nSPS) is 10.4. The summed E-state index contributed by atoms with van der Waals surface area (Å²) in [6.45, 7) is 4.10. The Morgan fingerprint density at radius 1 is 1.41 bits per heavy atom. The highest BCUT2D eigenvalue weighted by Crippen LogP contribution is 2.40. The van der Waals surface area contributed by atoms with E-state index >= 15 is 0 Å². The molecule has 0 aliphatic carbocycles. The van der Waals surface area contributed by atoms with Crippen LogP contribution in [-0.2, 0) is 12.8 Å². The van der Waals surface area contributed by atoms with Crippen molar-refractivity contribution in [3.05, 3.63) is 28.5 Å². The van der Waals surface area contributed by atoms with Crippen LogP contribution < -0.4 is 5.73 Å². The number of rotatable bonds is 3. The molecular formula is C13H14N2OS. The van der Waals surface area contributed by atoms with Gasteiger partial charge in [-0.2, -0.15) is 5.26 Å². The highest BCUT2D eigenvalue weighted by molar-refractivity contribution is 7.16. The van der Waals surface area contributed by atoms with Crippen LogP contribution in [0.5, 0.6) is 0 Å². The van der Waals surface area contributed by atoms with Crippen LogP contribution in [0.3, 0.4) is 0 Å². The van der Waals surface area contributed by atoms with Crippen LogP contribution in [0.15, 0.2) is 16.7 Å². The van der Waals surface area contributed by atoms with Crippen molar-refractivity contribution in [2.75, 3.05) is 5.73 Å². The Bertz CT molecular complexity index is 575. The zero-order chi connectivity index (χ0) is 12.4. The lowest BCUT2D eigenvalue weighted by molar-refractivity contribution is 0.517. The van der Waals surface area contributed by atoms with E-state index in [1.807, 2.05) is 6.07 Å². The van der Waals surface area contributed by atoms with Crippen molar-refractivity contribution < 1.29 is 4.42 Å². The highest BCUT2D eigenvalue weighted by atomic mass is 32.1. The second-order valence-electron chi connectivity index (χ2n) is 3.73. The first-order valence-corrected chi connectivity index (χ1v) is 6.42. The van der Waals surface area contributed by atoms with E-state index < -0.39 is 0 Å². The van der Waals surface area contributed by atoms with Gasteiger partial charge in [0.2, 0.25) is 0 Å². The predicted octanol–water partition coefficient (Wildman–Crippen LogP) is 3.59. The molecule has 17 heavy (non-hydrogen) atoms. The van der Waals surface area contributed by atoms with Gasteiger partial charge < -0.3 is 10.2 Å². The Morgan fingerprint density at radius 2 is 2.18 bits per heavy atom. The SMILES string of the molecule is CCc1occc1-c1sc(C#N)c(N)c1CC. The molecule has 2 aromatic rings. The molecule has 2 aromatic heterocycles. The molecule has 0 aromatic carbocycles. The molecule has 2 N–H and O–H groups in total. The third-order valence-corrected chi connectivity index (χ3v) is 4.00. The van der Waals surface area contributed by atoms with Crippen LogP contribution >= 0.6 is 11.3 Å². The Morgan fingerprint density at radius 3 is 2.76 bits per heavy atom. The van der Waals surface area contributed by atoms with Crippen molar-refractivity contribution in [1.29, 1.82) is 5.26 Å². The number of hydrogen-bond donors (Lipinski definition) is 1. The molecular weight excluding hydrogens is 232 g/mol. The maximum absolute atomic E-state index is 9.03. The van der Waals surface area contributed by atoms with Crippen LogP contribution in [0, 0.1) is 11.3 Å². The summed E-state index contributed by atoms with van der Waals surface area (Å²) in [6, 6.07) is 4.10. The average Bonchev–Trinajstić information content (AvgIpc) is 2.92. The minimum absolute atomic E-state index is 0.597. The number of aryl methyl sites for hydroxylation is 1. The summed E-state index contributed by atoms with van der Waals surface area (Å²) in [5, 5.41) is 9.03. The fraction of sp³-hybridized carbons (Fsp3) is 0.308. The van der Waals surface area contributed by atoms with Gasteiger partial charge >= 0.3 is 0 Å². The van der Waals surface area contributed by atoms with E-state index in [4.69, 9.17) is 15.4 Å². The zero-order valence-electron chi connectivity index (χ0n) is 9.91. The fourth-order valence-corrected chi connectivity index (χ4v) is 3.10. The van der Waals surface area contributed by atoms with Crippen molar-refractivity contribution in [2.24, 2.45) is 0 Å². The molecule has 0 bridgehead atoms. The van der Waals surface area contributed by atoms with Crippen LogP contribution in [-0.4, -0.2) is 0 Å². The lowest BCUT2D eigenvalue weighted by atomic mass is 10.1. The first-order valence-electron chi connectivity index (χ1n) is 5.60. The van der Waals surface area contributed by atoms with Gasteiger partial charge in [0.25, 0.3) is 0 Å². The molecule has 0 atom stereocenters. The van der Waals surface area contributed by atoms with Crippen LogP contribution in [0.25, 0.3) is 10.4 Å². The van der Waals surface area contributed by atoms with Gasteiger partial charge in [-0.3, -0.25) is 0 Å². The Labute approximate surface area is 104 Å². The Kier molecular flexibility index (Phi) is 3.21. The molecule has 0 unspecified atom stereocenters. The molecule has 0 saturated heterocycles. The second kappa shape index (κ2) is 4.64.